The Labute approximate surface area is 140 Å². The third-order valence-electron chi connectivity index (χ3n) is 4.74. The highest BCUT2D eigenvalue weighted by atomic mass is 28.4. The average molecular weight is 343 g/mol. The van der Waals surface area contributed by atoms with E-state index in [1.165, 1.54) is 6.92 Å². The SMILES string of the molecule is CCOC(=O)[C@@]1(OC(C)=O)C[C@@H](O[Si](C)(C)C(C)(C)C)C=C1C. The summed E-state index contributed by atoms with van der Waals surface area (Å²) in [6.45, 7) is 15.9. The van der Waals surface area contributed by atoms with E-state index in [1.54, 1.807) is 13.8 Å². The lowest BCUT2D eigenvalue weighted by atomic mass is 9.96. The fourth-order valence-electron chi connectivity index (χ4n) is 2.45. The molecule has 0 saturated carbocycles. The van der Waals surface area contributed by atoms with Gasteiger partial charge in [0.05, 0.1) is 12.7 Å². The maximum atomic E-state index is 12.4. The van der Waals surface area contributed by atoms with Crippen molar-refractivity contribution in [1.82, 2.24) is 0 Å². The highest BCUT2D eigenvalue weighted by molar-refractivity contribution is 6.74. The van der Waals surface area contributed by atoms with E-state index in [4.69, 9.17) is 13.9 Å². The van der Waals surface area contributed by atoms with Crippen LogP contribution in [0.2, 0.25) is 18.1 Å². The summed E-state index contributed by atoms with van der Waals surface area (Å²) in [6, 6.07) is 0. The van der Waals surface area contributed by atoms with E-state index in [0.717, 1.165) is 0 Å². The van der Waals surface area contributed by atoms with E-state index < -0.39 is 25.9 Å². The van der Waals surface area contributed by atoms with Crippen molar-refractivity contribution in [2.75, 3.05) is 6.61 Å². The largest absolute Gasteiger partial charge is 0.463 e. The van der Waals surface area contributed by atoms with E-state index in [2.05, 4.69) is 33.9 Å². The van der Waals surface area contributed by atoms with Crippen molar-refractivity contribution < 1.29 is 23.5 Å². The van der Waals surface area contributed by atoms with Gasteiger partial charge < -0.3 is 13.9 Å². The van der Waals surface area contributed by atoms with E-state index in [-0.39, 0.29) is 24.2 Å². The Kier molecular flexibility index (Phi) is 5.86. The second-order valence-electron chi connectivity index (χ2n) is 7.61. The minimum atomic E-state index is -1.99. The lowest BCUT2D eigenvalue weighted by Gasteiger charge is -2.38. The summed E-state index contributed by atoms with van der Waals surface area (Å²) < 4.78 is 16.9. The molecule has 5 nitrogen and oxygen atoms in total. The minimum absolute atomic E-state index is 0.0609. The fraction of sp³-hybridized carbons (Fsp3) is 0.765. The van der Waals surface area contributed by atoms with Crippen LogP contribution < -0.4 is 0 Å². The number of rotatable bonds is 5. The Hall–Kier alpha value is -1.14. The second-order valence-corrected chi connectivity index (χ2v) is 12.4. The van der Waals surface area contributed by atoms with Crippen LogP contribution in [-0.4, -0.2) is 38.6 Å². The molecular weight excluding hydrogens is 312 g/mol. The van der Waals surface area contributed by atoms with Gasteiger partial charge in [-0.3, -0.25) is 4.79 Å². The number of ether oxygens (including phenoxy) is 2. The van der Waals surface area contributed by atoms with Gasteiger partial charge in [-0.15, -0.1) is 0 Å². The smallest absolute Gasteiger partial charge is 0.355 e. The first-order valence-corrected chi connectivity index (χ1v) is 11.0. The van der Waals surface area contributed by atoms with Gasteiger partial charge in [0.15, 0.2) is 8.32 Å². The van der Waals surface area contributed by atoms with Crippen molar-refractivity contribution in [2.24, 2.45) is 0 Å². The van der Waals surface area contributed by atoms with Crippen molar-refractivity contribution in [3.63, 3.8) is 0 Å². The zero-order chi connectivity index (χ0) is 18.1. The molecule has 0 radical (unpaired) electrons. The number of carbonyl (C=O) groups is 2. The summed E-state index contributed by atoms with van der Waals surface area (Å²) in [5.41, 5.74) is -0.677. The Bertz CT molecular complexity index is 504. The topological polar surface area (TPSA) is 61.8 Å². The van der Waals surface area contributed by atoms with Gasteiger partial charge in [0.2, 0.25) is 5.60 Å². The van der Waals surface area contributed by atoms with Gasteiger partial charge in [-0.25, -0.2) is 4.79 Å². The van der Waals surface area contributed by atoms with Crippen LogP contribution >= 0.6 is 0 Å². The predicted molar refractivity (Wildman–Crippen MR) is 91.6 cm³/mol. The van der Waals surface area contributed by atoms with Crippen molar-refractivity contribution in [3.8, 4) is 0 Å². The summed E-state index contributed by atoms with van der Waals surface area (Å²) >= 11 is 0. The first-order chi connectivity index (χ1) is 10.4. The normalized spacial score (nSPS) is 25.0. The van der Waals surface area contributed by atoms with Gasteiger partial charge in [-0.05, 0) is 37.6 Å². The molecule has 0 amide bonds. The molecule has 0 aromatic carbocycles. The zero-order valence-corrected chi connectivity index (χ0v) is 16.6. The summed E-state index contributed by atoms with van der Waals surface area (Å²) in [6.07, 6.45) is 1.92. The molecule has 0 aliphatic heterocycles. The lowest BCUT2D eigenvalue weighted by molar-refractivity contribution is -0.177. The number of hydrogen-bond donors (Lipinski definition) is 0. The molecule has 2 atom stereocenters. The summed E-state index contributed by atoms with van der Waals surface area (Å²) in [4.78, 5) is 24.0. The zero-order valence-electron chi connectivity index (χ0n) is 15.6. The molecule has 0 N–H and O–H groups in total. The van der Waals surface area contributed by atoms with Gasteiger partial charge >= 0.3 is 11.9 Å². The van der Waals surface area contributed by atoms with Gasteiger partial charge in [0, 0.05) is 13.3 Å². The van der Waals surface area contributed by atoms with Crippen LogP contribution in [0.15, 0.2) is 11.6 Å². The van der Waals surface area contributed by atoms with Crippen LogP contribution in [0.1, 0.15) is 48.0 Å². The summed E-state index contributed by atoms with van der Waals surface area (Å²) in [5.74, 6) is -1.02. The molecule has 0 fully saturated rings. The number of carbonyl (C=O) groups excluding carboxylic acids is 2. The fourth-order valence-corrected chi connectivity index (χ4v) is 3.71. The van der Waals surface area contributed by atoms with Gasteiger partial charge in [-0.2, -0.15) is 0 Å². The van der Waals surface area contributed by atoms with E-state index in [1.807, 2.05) is 6.08 Å². The summed E-state index contributed by atoms with van der Waals surface area (Å²) in [5, 5.41) is 0.0609. The summed E-state index contributed by atoms with van der Waals surface area (Å²) in [7, 11) is -1.99. The van der Waals surface area contributed by atoms with Gasteiger partial charge in [0.1, 0.15) is 0 Å². The molecule has 0 saturated heterocycles. The highest BCUT2D eigenvalue weighted by Gasteiger charge is 2.52. The van der Waals surface area contributed by atoms with Crippen molar-refractivity contribution in [1.29, 1.82) is 0 Å². The molecule has 6 heteroatoms. The Morgan fingerprint density at radius 2 is 1.91 bits per heavy atom. The molecule has 0 bridgehead atoms. The number of hydrogen-bond acceptors (Lipinski definition) is 5. The van der Waals surface area contributed by atoms with Crippen molar-refractivity contribution >= 4 is 20.3 Å². The average Bonchev–Trinajstić information content (AvgIpc) is 2.63. The van der Waals surface area contributed by atoms with Crippen LogP contribution in [0.5, 0.6) is 0 Å². The molecule has 1 rings (SSSR count). The first-order valence-electron chi connectivity index (χ1n) is 8.09. The van der Waals surface area contributed by atoms with Crippen LogP contribution in [0.3, 0.4) is 0 Å². The van der Waals surface area contributed by atoms with Crippen LogP contribution in [0, 0.1) is 0 Å². The van der Waals surface area contributed by atoms with Crippen LogP contribution in [0.25, 0.3) is 0 Å². The van der Waals surface area contributed by atoms with Gasteiger partial charge in [-0.1, -0.05) is 26.8 Å². The standard InChI is InChI=1S/C17H30O5Si/c1-9-20-15(19)17(21-13(3)18)11-14(10-12(17)2)22-23(7,8)16(4,5)6/h10,14H,9,11H2,1-8H3/t14-,17+/m0/s1. The molecule has 0 aromatic heterocycles. The van der Waals surface area contributed by atoms with E-state index in [9.17, 15) is 9.59 Å². The van der Waals surface area contributed by atoms with Gasteiger partial charge in [0.25, 0.3) is 0 Å². The molecule has 0 heterocycles. The maximum Gasteiger partial charge on any atom is 0.355 e. The van der Waals surface area contributed by atoms with Crippen molar-refractivity contribution in [2.45, 2.75) is 77.8 Å². The minimum Gasteiger partial charge on any atom is -0.463 e. The monoisotopic (exact) mass is 342 g/mol. The second kappa shape index (κ2) is 6.77. The van der Waals surface area contributed by atoms with Crippen LogP contribution in [0.4, 0.5) is 0 Å². The molecule has 1 aliphatic rings. The van der Waals surface area contributed by atoms with E-state index in [0.29, 0.717) is 5.57 Å². The van der Waals surface area contributed by atoms with E-state index >= 15 is 0 Å². The predicted octanol–water partition coefficient (Wildman–Crippen LogP) is 3.59. The first kappa shape index (κ1) is 19.9. The quantitative estimate of drug-likeness (QED) is 0.434. The Morgan fingerprint density at radius 3 is 2.35 bits per heavy atom. The third-order valence-corrected chi connectivity index (χ3v) is 9.24. The molecule has 23 heavy (non-hydrogen) atoms. The maximum absolute atomic E-state index is 12.4. The molecule has 0 unspecified atom stereocenters. The number of esters is 2. The Balaban J connectivity index is 3.05. The Morgan fingerprint density at radius 1 is 1.35 bits per heavy atom. The molecule has 132 valence electrons. The highest BCUT2D eigenvalue weighted by Crippen LogP contribution is 2.42. The molecule has 0 aromatic rings. The molecule has 0 spiro atoms. The molecular formula is C17H30O5Si. The van der Waals surface area contributed by atoms with Crippen LogP contribution in [-0.2, 0) is 23.5 Å². The molecule has 1 aliphatic carbocycles. The lowest BCUT2D eigenvalue weighted by Crippen LogP contribution is -2.47. The van der Waals surface area contributed by atoms with Crippen molar-refractivity contribution in [3.05, 3.63) is 11.6 Å². The third kappa shape index (κ3) is 4.23.